The van der Waals surface area contributed by atoms with E-state index in [1.165, 1.54) is 11.1 Å². The van der Waals surface area contributed by atoms with Gasteiger partial charge in [-0.3, -0.25) is 9.78 Å². The number of aromatic nitrogens is 1. The van der Waals surface area contributed by atoms with E-state index in [4.69, 9.17) is 0 Å². The molecule has 0 N–H and O–H groups in total. The lowest BCUT2D eigenvalue weighted by Crippen LogP contribution is -2.52. The Labute approximate surface area is 161 Å². The van der Waals surface area contributed by atoms with E-state index in [0.717, 1.165) is 31.3 Å². The summed E-state index contributed by atoms with van der Waals surface area (Å²) in [7, 11) is 0. The van der Waals surface area contributed by atoms with Gasteiger partial charge in [0.15, 0.2) is 5.78 Å². The first-order valence-corrected chi connectivity index (χ1v) is 10.4. The van der Waals surface area contributed by atoms with E-state index in [2.05, 4.69) is 31.0 Å². The van der Waals surface area contributed by atoms with Crippen molar-refractivity contribution in [3.8, 4) is 0 Å². The maximum atomic E-state index is 15.3. The van der Waals surface area contributed by atoms with Crippen molar-refractivity contribution in [1.29, 1.82) is 0 Å². The van der Waals surface area contributed by atoms with Gasteiger partial charge in [0, 0.05) is 18.8 Å². The lowest BCUT2D eigenvalue weighted by Gasteiger charge is -2.58. The summed E-state index contributed by atoms with van der Waals surface area (Å²) in [5, 5.41) is 0. The van der Waals surface area contributed by atoms with Gasteiger partial charge < -0.3 is 0 Å². The van der Waals surface area contributed by atoms with E-state index in [9.17, 15) is 4.79 Å². The highest BCUT2D eigenvalue weighted by Gasteiger charge is 2.59. The molecule has 1 aromatic rings. The number of rotatable bonds is 1. The van der Waals surface area contributed by atoms with Crippen LogP contribution in [0, 0.1) is 28.6 Å². The molecule has 0 aliphatic heterocycles. The fourth-order valence-electron chi connectivity index (χ4n) is 7.10. The smallest absolute Gasteiger partial charge is 0.155 e. The summed E-state index contributed by atoms with van der Waals surface area (Å²) in [5.74, 6) is 1.52. The van der Waals surface area contributed by atoms with E-state index < -0.39 is 6.17 Å². The van der Waals surface area contributed by atoms with Crippen molar-refractivity contribution < 1.29 is 9.18 Å². The van der Waals surface area contributed by atoms with Crippen molar-refractivity contribution in [3.05, 3.63) is 47.8 Å². The SMILES string of the molecule is C[C@]12CCC(=O)C=C1C(F)CC1C2CC[C@]2(C)C(c3cccnc3)=CCC12. The fourth-order valence-corrected chi connectivity index (χ4v) is 7.10. The number of nitrogens with zero attached hydrogens (tertiary/aromatic N) is 1. The maximum absolute atomic E-state index is 15.3. The number of carbonyl (C=O) groups is 1. The lowest BCUT2D eigenvalue weighted by atomic mass is 9.46. The number of allylic oxidation sites excluding steroid dienone is 4. The molecule has 3 heteroatoms. The third-order valence-electron chi connectivity index (χ3n) is 8.49. The molecule has 1 aromatic heterocycles. The van der Waals surface area contributed by atoms with Crippen LogP contribution in [0.5, 0.6) is 0 Å². The molecule has 0 radical (unpaired) electrons. The Morgan fingerprint density at radius 1 is 1.19 bits per heavy atom. The number of hydrogen-bond donors (Lipinski definition) is 0. The number of ketones is 1. The number of hydrogen-bond acceptors (Lipinski definition) is 2. The highest BCUT2D eigenvalue weighted by Crippen LogP contribution is 2.66. The molecular weight excluding hydrogens is 337 g/mol. The third-order valence-corrected chi connectivity index (χ3v) is 8.49. The molecule has 27 heavy (non-hydrogen) atoms. The normalized spacial score (nSPS) is 43.3. The van der Waals surface area contributed by atoms with Crippen LogP contribution >= 0.6 is 0 Å². The first kappa shape index (κ1) is 17.3. The van der Waals surface area contributed by atoms with Gasteiger partial charge in [-0.2, -0.15) is 0 Å². The molecule has 2 fully saturated rings. The minimum atomic E-state index is -0.953. The molecule has 4 unspecified atom stereocenters. The van der Waals surface area contributed by atoms with Crippen LogP contribution in [0.15, 0.2) is 42.3 Å². The Morgan fingerprint density at radius 2 is 2.04 bits per heavy atom. The summed E-state index contributed by atoms with van der Waals surface area (Å²) in [6.07, 6.45) is 12.2. The second-order valence-electron chi connectivity index (χ2n) is 9.61. The summed E-state index contributed by atoms with van der Waals surface area (Å²) in [4.78, 5) is 16.3. The van der Waals surface area contributed by atoms with Crippen molar-refractivity contribution in [2.45, 2.75) is 58.5 Å². The predicted octanol–water partition coefficient (Wildman–Crippen LogP) is 5.55. The highest BCUT2D eigenvalue weighted by molar-refractivity contribution is 5.92. The number of fused-ring (bicyclic) bond motifs is 5. The highest BCUT2D eigenvalue weighted by atomic mass is 19.1. The van der Waals surface area contributed by atoms with Gasteiger partial charge in [-0.1, -0.05) is 26.0 Å². The molecule has 4 aliphatic carbocycles. The third kappa shape index (κ3) is 2.36. The molecule has 0 aromatic carbocycles. The van der Waals surface area contributed by atoms with Crippen LogP contribution in [-0.2, 0) is 4.79 Å². The quantitative estimate of drug-likeness (QED) is 0.652. The van der Waals surface area contributed by atoms with E-state index in [1.54, 1.807) is 6.08 Å². The molecule has 2 nitrogen and oxygen atoms in total. The fraction of sp³-hybridized carbons (Fsp3) is 0.583. The summed E-state index contributed by atoms with van der Waals surface area (Å²) < 4.78 is 15.3. The zero-order valence-electron chi connectivity index (χ0n) is 16.2. The largest absolute Gasteiger partial charge is 0.295 e. The van der Waals surface area contributed by atoms with Crippen LogP contribution in [0.4, 0.5) is 4.39 Å². The summed E-state index contributed by atoms with van der Waals surface area (Å²) in [6.45, 7) is 4.63. The average molecular weight is 365 g/mol. The molecule has 0 bridgehead atoms. The molecule has 0 amide bonds. The van der Waals surface area contributed by atoms with Gasteiger partial charge in [0.05, 0.1) is 0 Å². The van der Waals surface area contributed by atoms with Crippen LogP contribution in [0.25, 0.3) is 5.57 Å². The summed E-state index contributed by atoms with van der Waals surface area (Å²) >= 11 is 0. The Bertz CT molecular complexity index is 843. The monoisotopic (exact) mass is 365 g/mol. The van der Waals surface area contributed by atoms with Gasteiger partial charge in [-0.25, -0.2) is 4.39 Å². The van der Waals surface area contributed by atoms with Crippen molar-refractivity contribution in [1.82, 2.24) is 4.98 Å². The van der Waals surface area contributed by atoms with E-state index in [-0.39, 0.29) is 16.6 Å². The molecule has 6 atom stereocenters. The van der Waals surface area contributed by atoms with Crippen LogP contribution in [-0.4, -0.2) is 16.9 Å². The predicted molar refractivity (Wildman–Crippen MR) is 105 cm³/mol. The molecule has 0 saturated heterocycles. The van der Waals surface area contributed by atoms with Crippen molar-refractivity contribution in [3.63, 3.8) is 0 Å². The molecule has 4 aliphatic rings. The number of alkyl halides is 1. The van der Waals surface area contributed by atoms with Gasteiger partial charge in [0.25, 0.3) is 0 Å². The van der Waals surface area contributed by atoms with Crippen molar-refractivity contribution in [2.75, 3.05) is 0 Å². The molecule has 1 heterocycles. The molecule has 142 valence electrons. The number of pyridine rings is 1. The zero-order valence-corrected chi connectivity index (χ0v) is 16.2. The van der Waals surface area contributed by atoms with E-state index in [1.807, 2.05) is 18.5 Å². The van der Waals surface area contributed by atoms with Crippen LogP contribution in [0.2, 0.25) is 0 Å². The lowest BCUT2D eigenvalue weighted by molar-refractivity contribution is -0.117. The average Bonchev–Trinajstić information content (AvgIpc) is 3.01. The van der Waals surface area contributed by atoms with Crippen LogP contribution in [0.3, 0.4) is 0 Å². The second kappa shape index (κ2) is 5.86. The molecular formula is C24H28FNO. The van der Waals surface area contributed by atoms with Crippen LogP contribution in [0.1, 0.15) is 57.9 Å². The first-order chi connectivity index (χ1) is 12.9. The zero-order chi connectivity index (χ0) is 18.8. The molecule has 0 spiro atoms. The van der Waals surface area contributed by atoms with Crippen molar-refractivity contribution >= 4 is 11.4 Å². The van der Waals surface area contributed by atoms with Gasteiger partial charge in [-0.15, -0.1) is 0 Å². The number of carbonyl (C=O) groups excluding carboxylic acids is 1. The van der Waals surface area contributed by atoms with Gasteiger partial charge in [-0.05, 0) is 89.5 Å². The second-order valence-corrected chi connectivity index (χ2v) is 9.61. The van der Waals surface area contributed by atoms with Crippen LogP contribution < -0.4 is 0 Å². The Morgan fingerprint density at radius 3 is 2.81 bits per heavy atom. The summed E-state index contributed by atoms with van der Waals surface area (Å²) in [5.41, 5.74) is 3.44. The standard InChI is InChI=1S/C24H28FNO/c1-23-10-8-20-17(13-22(25)21-12-16(27)7-9-24(20,21)2)19(23)6-5-18(23)15-4-3-11-26-14-15/h3-5,11-12,14,17,19-20,22H,6-10,13H2,1-2H3/t17?,19?,20?,22?,23-,24-/m1/s1. The molecule has 5 rings (SSSR count). The minimum Gasteiger partial charge on any atom is -0.295 e. The topological polar surface area (TPSA) is 30.0 Å². The van der Waals surface area contributed by atoms with Gasteiger partial charge >= 0.3 is 0 Å². The maximum Gasteiger partial charge on any atom is 0.155 e. The Kier molecular flexibility index (Phi) is 3.76. The molecule has 2 saturated carbocycles. The van der Waals surface area contributed by atoms with Gasteiger partial charge in [0.2, 0.25) is 0 Å². The Balaban J connectivity index is 1.51. The van der Waals surface area contributed by atoms with E-state index in [0.29, 0.717) is 30.6 Å². The number of halogens is 1. The minimum absolute atomic E-state index is 0.116. The first-order valence-electron chi connectivity index (χ1n) is 10.4. The summed E-state index contributed by atoms with van der Waals surface area (Å²) in [6, 6.07) is 4.17. The Hall–Kier alpha value is -1.77. The van der Waals surface area contributed by atoms with Gasteiger partial charge in [0.1, 0.15) is 6.17 Å². The van der Waals surface area contributed by atoms with Crippen molar-refractivity contribution in [2.24, 2.45) is 28.6 Å². The van der Waals surface area contributed by atoms with E-state index >= 15 is 4.39 Å².